The molecule has 2 aromatic heterocycles. The van der Waals surface area contributed by atoms with E-state index in [-0.39, 0.29) is 0 Å². The molecule has 0 amide bonds. The molecule has 0 aliphatic carbocycles. The van der Waals surface area contributed by atoms with Crippen LogP contribution in [-0.2, 0) is 0 Å². The average molecular weight is 216 g/mol. The van der Waals surface area contributed by atoms with Crippen LogP contribution in [0.15, 0.2) is 36.8 Å². The van der Waals surface area contributed by atoms with Gasteiger partial charge in [-0.1, -0.05) is 6.07 Å². The number of nitrogens with zero attached hydrogens (tertiary/aromatic N) is 2. The van der Waals surface area contributed by atoms with Crippen LogP contribution < -0.4 is 0 Å². The van der Waals surface area contributed by atoms with E-state index in [1.807, 2.05) is 35.0 Å². The van der Waals surface area contributed by atoms with Gasteiger partial charge < -0.3 is 4.98 Å². The predicted octanol–water partition coefficient (Wildman–Crippen LogP) is 2.41. The molecular formula is C10H8N4S. The second-order valence-corrected chi connectivity index (χ2v) is 3.63. The van der Waals surface area contributed by atoms with Crippen LogP contribution in [0.5, 0.6) is 0 Å². The molecule has 0 aliphatic heterocycles. The first-order valence-corrected chi connectivity index (χ1v) is 4.95. The van der Waals surface area contributed by atoms with Crippen LogP contribution in [0.2, 0.25) is 0 Å². The molecule has 3 aromatic rings. The lowest BCUT2D eigenvalue weighted by atomic mass is 10.2. The van der Waals surface area contributed by atoms with Gasteiger partial charge in [-0.2, -0.15) is 5.10 Å². The molecule has 4 nitrogen and oxygen atoms in total. The number of H-pyrrole nitrogens is 2. The zero-order chi connectivity index (χ0) is 10.3. The second-order valence-electron chi connectivity index (χ2n) is 3.25. The van der Waals surface area contributed by atoms with Crippen molar-refractivity contribution < 1.29 is 0 Å². The summed E-state index contributed by atoms with van der Waals surface area (Å²) >= 11 is 5.14. The van der Waals surface area contributed by atoms with Crippen LogP contribution in [0.25, 0.3) is 16.6 Å². The standard InChI is InChI=1S/C10H8N4S/c15-10-13-12-6-14(10)9-3-1-2-8-7(9)4-5-11-8/h1-6,11H,(H,13,15). The molecule has 0 radical (unpaired) electrons. The zero-order valence-electron chi connectivity index (χ0n) is 7.77. The van der Waals surface area contributed by atoms with Gasteiger partial charge in [-0.05, 0) is 30.4 Å². The topological polar surface area (TPSA) is 49.4 Å². The summed E-state index contributed by atoms with van der Waals surface area (Å²) in [6, 6.07) is 8.06. The molecule has 2 heterocycles. The third kappa shape index (κ3) is 1.20. The number of benzene rings is 1. The lowest BCUT2D eigenvalue weighted by molar-refractivity contribution is 1.04. The van der Waals surface area contributed by atoms with Gasteiger partial charge in [0.15, 0.2) is 4.77 Å². The summed E-state index contributed by atoms with van der Waals surface area (Å²) in [6.45, 7) is 0. The maximum atomic E-state index is 5.14. The number of fused-ring (bicyclic) bond motifs is 1. The Labute approximate surface area is 90.6 Å². The van der Waals surface area contributed by atoms with Crippen molar-refractivity contribution in [3.8, 4) is 5.69 Å². The van der Waals surface area contributed by atoms with E-state index in [0.717, 1.165) is 16.6 Å². The Morgan fingerprint density at radius 2 is 2.20 bits per heavy atom. The predicted molar refractivity (Wildman–Crippen MR) is 60.6 cm³/mol. The third-order valence-corrected chi connectivity index (χ3v) is 2.67. The van der Waals surface area contributed by atoms with Gasteiger partial charge in [-0.15, -0.1) is 0 Å². The highest BCUT2D eigenvalue weighted by molar-refractivity contribution is 7.71. The number of aromatic amines is 2. The first-order valence-electron chi connectivity index (χ1n) is 4.55. The normalized spacial score (nSPS) is 10.9. The molecule has 2 N–H and O–H groups in total. The van der Waals surface area contributed by atoms with Crippen molar-refractivity contribution in [2.45, 2.75) is 0 Å². The monoisotopic (exact) mass is 216 g/mol. The van der Waals surface area contributed by atoms with Crippen LogP contribution in [-0.4, -0.2) is 19.7 Å². The number of rotatable bonds is 1. The van der Waals surface area contributed by atoms with E-state index in [2.05, 4.69) is 15.2 Å². The molecule has 0 spiro atoms. The first-order chi connectivity index (χ1) is 7.36. The molecule has 1 aromatic carbocycles. The minimum absolute atomic E-state index is 0.601. The molecule has 0 unspecified atom stereocenters. The lowest BCUT2D eigenvalue weighted by Crippen LogP contribution is -1.92. The van der Waals surface area contributed by atoms with Gasteiger partial charge in [0.1, 0.15) is 6.33 Å². The van der Waals surface area contributed by atoms with Gasteiger partial charge in [0.05, 0.1) is 5.69 Å². The molecule has 0 bridgehead atoms. The van der Waals surface area contributed by atoms with E-state index in [1.165, 1.54) is 0 Å². The van der Waals surface area contributed by atoms with Gasteiger partial charge in [-0.3, -0.25) is 9.67 Å². The van der Waals surface area contributed by atoms with Crippen LogP contribution in [0.3, 0.4) is 0 Å². The largest absolute Gasteiger partial charge is 0.361 e. The molecule has 0 saturated heterocycles. The summed E-state index contributed by atoms with van der Waals surface area (Å²) in [4.78, 5) is 3.16. The number of nitrogens with one attached hydrogen (secondary N) is 2. The Hall–Kier alpha value is -1.88. The van der Waals surface area contributed by atoms with Gasteiger partial charge in [0.25, 0.3) is 0 Å². The quantitative estimate of drug-likeness (QED) is 0.614. The Balaban J connectivity index is 2.41. The molecule has 15 heavy (non-hydrogen) atoms. The fraction of sp³-hybridized carbons (Fsp3) is 0. The van der Waals surface area contributed by atoms with E-state index >= 15 is 0 Å². The Kier molecular flexibility index (Phi) is 1.72. The summed E-state index contributed by atoms with van der Waals surface area (Å²) in [7, 11) is 0. The Morgan fingerprint density at radius 3 is 3.00 bits per heavy atom. The maximum Gasteiger partial charge on any atom is 0.199 e. The zero-order valence-corrected chi connectivity index (χ0v) is 8.58. The van der Waals surface area contributed by atoms with Crippen LogP contribution >= 0.6 is 12.2 Å². The second kappa shape index (κ2) is 3.06. The molecule has 74 valence electrons. The highest BCUT2D eigenvalue weighted by Gasteiger charge is 2.04. The molecule has 0 aliphatic rings. The molecule has 0 atom stereocenters. The van der Waals surface area contributed by atoms with Crippen molar-refractivity contribution in [1.29, 1.82) is 0 Å². The minimum Gasteiger partial charge on any atom is -0.361 e. The van der Waals surface area contributed by atoms with Crippen LogP contribution in [0.4, 0.5) is 0 Å². The maximum absolute atomic E-state index is 5.14. The van der Waals surface area contributed by atoms with Gasteiger partial charge in [0, 0.05) is 17.1 Å². The third-order valence-electron chi connectivity index (χ3n) is 2.38. The van der Waals surface area contributed by atoms with Crippen molar-refractivity contribution in [3.05, 3.63) is 41.6 Å². The van der Waals surface area contributed by atoms with Crippen molar-refractivity contribution >= 4 is 23.1 Å². The molecule has 5 heteroatoms. The SMILES string of the molecule is S=c1[nH]ncn1-c1cccc2[nH]ccc12. The van der Waals surface area contributed by atoms with Gasteiger partial charge in [-0.25, -0.2) is 0 Å². The first kappa shape index (κ1) is 8.43. The van der Waals surface area contributed by atoms with Gasteiger partial charge in [0.2, 0.25) is 0 Å². The molecule has 0 fully saturated rings. The van der Waals surface area contributed by atoms with E-state index in [1.54, 1.807) is 6.33 Å². The summed E-state index contributed by atoms with van der Waals surface area (Å²) < 4.78 is 2.45. The molecule has 0 saturated carbocycles. The van der Waals surface area contributed by atoms with Crippen molar-refractivity contribution in [2.24, 2.45) is 0 Å². The number of hydrogen-bond donors (Lipinski definition) is 2. The average Bonchev–Trinajstić information content (AvgIpc) is 2.85. The Morgan fingerprint density at radius 1 is 1.27 bits per heavy atom. The molecule has 3 rings (SSSR count). The van der Waals surface area contributed by atoms with Crippen molar-refractivity contribution in [2.75, 3.05) is 0 Å². The van der Waals surface area contributed by atoms with Gasteiger partial charge >= 0.3 is 0 Å². The minimum atomic E-state index is 0.601. The Bertz CT molecular complexity index is 661. The number of aromatic nitrogens is 4. The smallest absolute Gasteiger partial charge is 0.199 e. The number of hydrogen-bond acceptors (Lipinski definition) is 2. The fourth-order valence-corrected chi connectivity index (χ4v) is 1.90. The van der Waals surface area contributed by atoms with Crippen molar-refractivity contribution in [1.82, 2.24) is 19.7 Å². The summed E-state index contributed by atoms with van der Waals surface area (Å²) in [5.41, 5.74) is 2.13. The van der Waals surface area contributed by atoms with E-state index in [9.17, 15) is 0 Å². The highest BCUT2D eigenvalue weighted by Crippen LogP contribution is 2.20. The van der Waals surface area contributed by atoms with Crippen LogP contribution in [0, 0.1) is 4.77 Å². The molecular weight excluding hydrogens is 208 g/mol. The summed E-state index contributed by atoms with van der Waals surface area (Å²) in [5, 5.41) is 7.79. The van der Waals surface area contributed by atoms with Crippen molar-refractivity contribution in [3.63, 3.8) is 0 Å². The van der Waals surface area contributed by atoms with E-state index < -0.39 is 0 Å². The highest BCUT2D eigenvalue weighted by atomic mass is 32.1. The fourth-order valence-electron chi connectivity index (χ4n) is 1.70. The van der Waals surface area contributed by atoms with Crippen LogP contribution in [0.1, 0.15) is 0 Å². The van der Waals surface area contributed by atoms with E-state index in [4.69, 9.17) is 12.2 Å². The van der Waals surface area contributed by atoms with E-state index in [0.29, 0.717) is 4.77 Å². The lowest BCUT2D eigenvalue weighted by Gasteiger charge is -2.02. The summed E-state index contributed by atoms with van der Waals surface area (Å²) in [6.07, 6.45) is 3.60. The summed E-state index contributed by atoms with van der Waals surface area (Å²) in [5.74, 6) is 0.